The summed E-state index contributed by atoms with van der Waals surface area (Å²) in [4.78, 5) is 8.53. The minimum Gasteiger partial charge on any atom is -0.397 e. The third-order valence-electron chi connectivity index (χ3n) is 1.70. The van der Waals surface area contributed by atoms with Crippen molar-refractivity contribution >= 4 is 28.8 Å². The second-order valence-corrected chi connectivity index (χ2v) is 4.89. The molecule has 0 aliphatic carbocycles. The Morgan fingerprint density at radius 3 is 2.93 bits per heavy atom. The summed E-state index contributed by atoms with van der Waals surface area (Å²) in [6.45, 7) is 1.90. The van der Waals surface area contributed by atoms with Crippen molar-refractivity contribution in [3.05, 3.63) is 29.4 Å². The molecule has 0 atom stereocenters. The maximum absolute atomic E-state index is 5.68. The molecule has 2 rings (SSSR count). The van der Waals surface area contributed by atoms with Gasteiger partial charge in [-0.25, -0.2) is 9.97 Å². The smallest absolute Gasteiger partial charge is 0.156 e. The number of rotatable bonds is 2. The van der Waals surface area contributed by atoms with Gasteiger partial charge >= 0.3 is 0 Å². The van der Waals surface area contributed by atoms with Crippen LogP contribution in [-0.4, -0.2) is 9.97 Å². The van der Waals surface area contributed by atoms with Gasteiger partial charge in [-0.1, -0.05) is 0 Å². The van der Waals surface area contributed by atoms with E-state index < -0.39 is 0 Å². The van der Waals surface area contributed by atoms with Crippen molar-refractivity contribution in [2.24, 2.45) is 0 Å². The van der Waals surface area contributed by atoms with E-state index >= 15 is 0 Å². The van der Waals surface area contributed by atoms with E-state index in [1.54, 1.807) is 29.3 Å². The quantitative estimate of drug-likeness (QED) is 0.850. The van der Waals surface area contributed by atoms with Crippen molar-refractivity contribution in [1.29, 1.82) is 0 Å². The summed E-state index contributed by atoms with van der Waals surface area (Å²) >= 11 is 3.17. The average molecular weight is 223 g/mol. The van der Waals surface area contributed by atoms with E-state index in [1.165, 1.54) is 0 Å². The van der Waals surface area contributed by atoms with E-state index in [0.717, 1.165) is 20.7 Å². The van der Waals surface area contributed by atoms with Gasteiger partial charge in [0.25, 0.3) is 0 Å². The predicted octanol–water partition coefficient (Wildman–Crippen LogP) is 2.58. The molecular formula is C9H9N3S2. The maximum atomic E-state index is 5.68. The van der Waals surface area contributed by atoms with E-state index in [9.17, 15) is 0 Å². The molecule has 0 spiro atoms. The number of nitrogens with two attached hydrogens (primary N) is 1. The molecule has 0 fully saturated rings. The van der Waals surface area contributed by atoms with Crippen molar-refractivity contribution in [2.45, 2.75) is 16.3 Å². The summed E-state index contributed by atoms with van der Waals surface area (Å²) < 4.78 is 1.00. The Bertz CT molecular complexity index is 426. The van der Waals surface area contributed by atoms with Crippen LogP contribution in [0.25, 0.3) is 0 Å². The second-order valence-electron chi connectivity index (χ2n) is 2.72. The molecule has 2 heterocycles. The number of nitrogens with zero attached hydrogens (tertiary/aromatic N) is 2. The van der Waals surface area contributed by atoms with Crippen molar-refractivity contribution in [3.8, 4) is 0 Å². The lowest BCUT2D eigenvalue weighted by atomic mass is 10.3. The van der Waals surface area contributed by atoms with Crippen molar-refractivity contribution in [1.82, 2.24) is 9.97 Å². The van der Waals surface area contributed by atoms with E-state index in [1.807, 2.05) is 24.4 Å². The van der Waals surface area contributed by atoms with Crippen LogP contribution >= 0.6 is 23.1 Å². The van der Waals surface area contributed by atoms with Gasteiger partial charge in [0.2, 0.25) is 0 Å². The Hall–Kier alpha value is -1.07. The van der Waals surface area contributed by atoms with E-state index in [2.05, 4.69) is 9.97 Å². The Morgan fingerprint density at radius 2 is 2.29 bits per heavy atom. The van der Waals surface area contributed by atoms with Crippen LogP contribution in [0.3, 0.4) is 0 Å². The zero-order valence-electron chi connectivity index (χ0n) is 7.60. The second kappa shape index (κ2) is 3.98. The number of aromatic nitrogens is 2. The Morgan fingerprint density at radius 1 is 1.43 bits per heavy atom. The lowest BCUT2D eigenvalue weighted by Gasteiger charge is -2.01. The summed E-state index contributed by atoms with van der Waals surface area (Å²) in [7, 11) is 0. The van der Waals surface area contributed by atoms with Crippen LogP contribution in [0.4, 0.5) is 5.69 Å². The van der Waals surface area contributed by atoms with E-state index in [-0.39, 0.29) is 0 Å². The largest absolute Gasteiger partial charge is 0.397 e. The molecule has 5 heteroatoms. The van der Waals surface area contributed by atoms with Crippen molar-refractivity contribution < 1.29 is 0 Å². The molecule has 0 aromatic carbocycles. The molecule has 0 unspecified atom stereocenters. The third kappa shape index (κ3) is 2.05. The first-order valence-corrected chi connectivity index (χ1v) is 5.76. The fourth-order valence-corrected chi connectivity index (χ4v) is 2.54. The first-order chi connectivity index (χ1) is 6.75. The number of pyridine rings is 1. The molecule has 0 saturated heterocycles. The van der Waals surface area contributed by atoms with Gasteiger partial charge in [-0.05, 0) is 30.8 Å². The number of hydrogen-bond donors (Lipinski definition) is 1. The van der Waals surface area contributed by atoms with Gasteiger partial charge in [-0.3, -0.25) is 0 Å². The first kappa shape index (κ1) is 9.48. The minimum atomic E-state index is 0.730. The van der Waals surface area contributed by atoms with Crippen LogP contribution in [0.5, 0.6) is 0 Å². The third-order valence-corrected chi connectivity index (χ3v) is 3.52. The monoisotopic (exact) mass is 223 g/mol. The first-order valence-electron chi connectivity index (χ1n) is 4.06. The molecule has 2 aromatic heterocycles. The van der Waals surface area contributed by atoms with E-state index in [4.69, 9.17) is 5.73 Å². The SMILES string of the molecule is Cc1nc(Sc2nccs2)ccc1N. The van der Waals surface area contributed by atoms with Crippen LogP contribution in [0.2, 0.25) is 0 Å². The maximum Gasteiger partial charge on any atom is 0.156 e. The summed E-state index contributed by atoms with van der Waals surface area (Å²) in [5.41, 5.74) is 7.27. The highest BCUT2D eigenvalue weighted by molar-refractivity contribution is 8.00. The Kier molecular flexibility index (Phi) is 2.69. The molecule has 2 N–H and O–H groups in total. The summed E-state index contributed by atoms with van der Waals surface area (Å²) in [6, 6.07) is 3.78. The highest BCUT2D eigenvalue weighted by atomic mass is 32.2. The summed E-state index contributed by atoms with van der Waals surface area (Å²) in [6.07, 6.45) is 1.79. The minimum absolute atomic E-state index is 0.730. The van der Waals surface area contributed by atoms with E-state index in [0.29, 0.717) is 0 Å². The predicted molar refractivity (Wildman–Crippen MR) is 59.6 cm³/mol. The highest BCUT2D eigenvalue weighted by Crippen LogP contribution is 2.28. The Balaban J connectivity index is 2.22. The molecule has 14 heavy (non-hydrogen) atoms. The molecule has 72 valence electrons. The zero-order chi connectivity index (χ0) is 9.97. The van der Waals surface area contributed by atoms with Gasteiger partial charge in [-0.2, -0.15) is 0 Å². The Labute approximate surface area is 90.4 Å². The van der Waals surface area contributed by atoms with Gasteiger partial charge in [0.15, 0.2) is 4.34 Å². The normalized spacial score (nSPS) is 10.4. The summed E-state index contributed by atoms with van der Waals surface area (Å²) in [5.74, 6) is 0. The fraction of sp³-hybridized carbons (Fsp3) is 0.111. The van der Waals surface area contributed by atoms with Crippen LogP contribution < -0.4 is 5.73 Å². The summed E-state index contributed by atoms with van der Waals surface area (Å²) in [5, 5.41) is 2.89. The van der Waals surface area contributed by atoms with Crippen LogP contribution in [0.1, 0.15) is 5.69 Å². The molecule has 0 radical (unpaired) electrons. The van der Waals surface area contributed by atoms with Crippen molar-refractivity contribution in [2.75, 3.05) is 5.73 Å². The lowest BCUT2D eigenvalue weighted by Crippen LogP contribution is -1.92. The number of aryl methyl sites for hydroxylation is 1. The van der Waals surface area contributed by atoms with Gasteiger partial charge < -0.3 is 5.73 Å². The molecule has 0 aliphatic rings. The van der Waals surface area contributed by atoms with Gasteiger partial charge in [0.05, 0.1) is 11.4 Å². The van der Waals surface area contributed by atoms with Crippen LogP contribution in [0.15, 0.2) is 33.1 Å². The molecule has 0 amide bonds. The molecule has 0 bridgehead atoms. The van der Waals surface area contributed by atoms with Crippen LogP contribution in [0, 0.1) is 6.92 Å². The fourth-order valence-electron chi connectivity index (χ4n) is 0.956. The number of anilines is 1. The van der Waals surface area contributed by atoms with Gasteiger partial charge in [0, 0.05) is 11.6 Å². The number of hydrogen-bond acceptors (Lipinski definition) is 5. The highest BCUT2D eigenvalue weighted by Gasteiger charge is 2.02. The van der Waals surface area contributed by atoms with Gasteiger partial charge in [0.1, 0.15) is 5.03 Å². The molecule has 2 aromatic rings. The molecule has 3 nitrogen and oxygen atoms in total. The standard InChI is InChI=1S/C9H9N3S2/c1-6-7(10)2-3-8(12-6)14-9-11-4-5-13-9/h2-5H,10H2,1H3. The number of thiazole rings is 1. The lowest BCUT2D eigenvalue weighted by molar-refractivity contribution is 1.07. The average Bonchev–Trinajstić information content (AvgIpc) is 2.64. The number of nitrogen functional groups attached to an aromatic ring is 1. The topological polar surface area (TPSA) is 51.8 Å². The zero-order valence-corrected chi connectivity index (χ0v) is 9.23. The van der Waals surface area contributed by atoms with Crippen LogP contribution in [-0.2, 0) is 0 Å². The van der Waals surface area contributed by atoms with Gasteiger partial charge in [-0.15, -0.1) is 11.3 Å². The molecule has 0 aliphatic heterocycles. The molecular weight excluding hydrogens is 214 g/mol. The van der Waals surface area contributed by atoms with Crippen molar-refractivity contribution in [3.63, 3.8) is 0 Å². The molecule has 0 saturated carbocycles.